The Kier molecular flexibility index (Phi) is 4.05. The van der Waals surface area contributed by atoms with Gasteiger partial charge >= 0.3 is 6.36 Å². The van der Waals surface area contributed by atoms with Crippen LogP contribution in [0.15, 0.2) is 6.07 Å². The molecule has 0 bridgehead atoms. The van der Waals surface area contributed by atoms with E-state index in [1.165, 1.54) is 13.0 Å². The molecule has 0 aliphatic carbocycles. The van der Waals surface area contributed by atoms with Crippen molar-refractivity contribution in [3.05, 3.63) is 21.0 Å². The van der Waals surface area contributed by atoms with Crippen molar-refractivity contribution in [1.82, 2.24) is 4.98 Å². The van der Waals surface area contributed by atoms with Crippen molar-refractivity contribution >= 4 is 34.2 Å². The van der Waals surface area contributed by atoms with Crippen LogP contribution in [0.2, 0.25) is 0 Å². The Morgan fingerprint density at radius 3 is 2.53 bits per heavy atom. The van der Waals surface area contributed by atoms with Crippen LogP contribution in [0.5, 0.6) is 5.75 Å². The van der Waals surface area contributed by atoms with Crippen LogP contribution in [0.1, 0.15) is 11.4 Å². The Labute approximate surface area is 103 Å². The standard InChI is InChI=1S/C8H6ClF3INO/c1-4-7(15-8(10,11)12)6(13)2-5(3-9)14-4/h2H,3H2,1H3. The van der Waals surface area contributed by atoms with E-state index in [9.17, 15) is 13.2 Å². The van der Waals surface area contributed by atoms with Crippen LogP contribution < -0.4 is 4.74 Å². The molecule has 0 aliphatic rings. The fourth-order valence-electron chi connectivity index (χ4n) is 0.990. The van der Waals surface area contributed by atoms with Crippen LogP contribution in [-0.4, -0.2) is 11.3 Å². The molecule has 0 saturated heterocycles. The van der Waals surface area contributed by atoms with Gasteiger partial charge in [-0.25, -0.2) is 0 Å². The van der Waals surface area contributed by atoms with Crippen molar-refractivity contribution in [3.8, 4) is 5.75 Å². The Bertz CT molecular complexity index is 346. The summed E-state index contributed by atoms with van der Waals surface area (Å²) >= 11 is 7.28. The summed E-state index contributed by atoms with van der Waals surface area (Å²) in [5, 5.41) is 0. The van der Waals surface area contributed by atoms with E-state index in [2.05, 4.69) is 9.72 Å². The lowest BCUT2D eigenvalue weighted by atomic mass is 10.3. The van der Waals surface area contributed by atoms with Crippen molar-refractivity contribution < 1.29 is 17.9 Å². The first-order valence-corrected chi connectivity index (χ1v) is 5.42. The third kappa shape index (κ3) is 3.67. The van der Waals surface area contributed by atoms with Crippen molar-refractivity contribution in [3.63, 3.8) is 0 Å². The second kappa shape index (κ2) is 4.73. The van der Waals surface area contributed by atoms with Crippen LogP contribution in [-0.2, 0) is 5.88 Å². The summed E-state index contributed by atoms with van der Waals surface area (Å²) in [5.41, 5.74) is 0.697. The van der Waals surface area contributed by atoms with Crippen LogP contribution in [0.4, 0.5) is 13.2 Å². The Morgan fingerprint density at radius 1 is 1.53 bits per heavy atom. The largest absolute Gasteiger partial charge is 0.573 e. The lowest BCUT2D eigenvalue weighted by Gasteiger charge is -2.13. The zero-order chi connectivity index (χ0) is 11.6. The summed E-state index contributed by atoms with van der Waals surface area (Å²) in [7, 11) is 0. The molecule has 0 radical (unpaired) electrons. The second-order valence-corrected chi connectivity index (χ2v) is 4.12. The average molecular weight is 351 g/mol. The third-order valence-corrected chi connectivity index (χ3v) is 2.58. The molecular weight excluding hydrogens is 345 g/mol. The number of ether oxygens (including phenoxy) is 1. The fourth-order valence-corrected chi connectivity index (χ4v) is 1.99. The van der Waals surface area contributed by atoms with Crippen molar-refractivity contribution in [2.24, 2.45) is 0 Å². The maximum atomic E-state index is 12.0. The lowest BCUT2D eigenvalue weighted by molar-refractivity contribution is -0.275. The molecule has 1 heterocycles. The van der Waals surface area contributed by atoms with Gasteiger partial charge < -0.3 is 4.74 Å². The number of halogens is 5. The molecule has 0 aromatic carbocycles. The fraction of sp³-hybridized carbons (Fsp3) is 0.375. The van der Waals surface area contributed by atoms with E-state index in [-0.39, 0.29) is 17.3 Å². The van der Waals surface area contributed by atoms with Gasteiger partial charge in [0.2, 0.25) is 0 Å². The molecule has 0 fully saturated rings. The molecule has 2 nitrogen and oxygen atoms in total. The normalized spacial score (nSPS) is 11.6. The topological polar surface area (TPSA) is 22.1 Å². The molecule has 0 N–H and O–H groups in total. The zero-order valence-electron chi connectivity index (χ0n) is 7.53. The minimum Gasteiger partial charge on any atom is -0.403 e. The number of aryl methyl sites for hydroxylation is 1. The maximum absolute atomic E-state index is 12.0. The summed E-state index contributed by atoms with van der Waals surface area (Å²) < 4.78 is 40.2. The molecule has 1 aromatic heterocycles. The van der Waals surface area contributed by atoms with Gasteiger partial charge in [-0.3, -0.25) is 4.98 Å². The van der Waals surface area contributed by atoms with Gasteiger partial charge in [-0.2, -0.15) is 0 Å². The molecule has 15 heavy (non-hydrogen) atoms. The Balaban J connectivity index is 3.09. The van der Waals surface area contributed by atoms with E-state index < -0.39 is 6.36 Å². The van der Waals surface area contributed by atoms with Crippen LogP contribution >= 0.6 is 34.2 Å². The molecule has 0 atom stereocenters. The van der Waals surface area contributed by atoms with E-state index in [1.807, 2.05) is 0 Å². The monoisotopic (exact) mass is 351 g/mol. The minimum atomic E-state index is -4.70. The molecule has 0 spiro atoms. The molecule has 0 aliphatic heterocycles. The van der Waals surface area contributed by atoms with E-state index in [0.717, 1.165) is 0 Å². The highest BCUT2D eigenvalue weighted by atomic mass is 127. The van der Waals surface area contributed by atoms with Crippen LogP contribution in [0, 0.1) is 10.5 Å². The van der Waals surface area contributed by atoms with Gasteiger partial charge in [0, 0.05) is 0 Å². The third-order valence-electron chi connectivity index (χ3n) is 1.50. The average Bonchev–Trinajstić information content (AvgIpc) is 2.09. The first kappa shape index (κ1) is 12.8. The Morgan fingerprint density at radius 2 is 2.13 bits per heavy atom. The van der Waals surface area contributed by atoms with Crippen molar-refractivity contribution in [1.29, 1.82) is 0 Å². The van der Waals surface area contributed by atoms with Gasteiger partial charge in [0.05, 0.1) is 20.8 Å². The van der Waals surface area contributed by atoms with Crippen LogP contribution in [0.25, 0.3) is 0 Å². The van der Waals surface area contributed by atoms with Gasteiger partial charge in [-0.1, -0.05) is 0 Å². The highest BCUT2D eigenvalue weighted by Gasteiger charge is 2.33. The number of nitrogens with zero attached hydrogens (tertiary/aromatic N) is 1. The number of pyridine rings is 1. The maximum Gasteiger partial charge on any atom is 0.573 e. The Hall–Kier alpha value is -0.240. The van der Waals surface area contributed by atoms with E-state index in [4.69, 9.17) is 11.6 Å². The van der Waals surface area contributed by atoms with E-state index in [1.54, 1.807) is 22.6 Å². The quantitative estimate of drug-likeness (QED) is 0.600. The van der Waals surface area contributed by atoms with Crippen molar-refractivity contribution in [2.75, 3.05) is 0 Å². The summed E-state index contributed by atoms with van der Waals surface area (Å²) in [6.45, 7) is 1.44. The molecule has 0 unspecified atom stereocenters. The smallest absolute Gasteiger partial charge is 0.403 e. The first-order valence-electron chi connectivity index (χ1n) is 3.81. The SMILES string of the molecule is Cc1nc(CCl)cc(I)c1OC(F)(F)F. The van der Waals surface area contributed by atoms with Gasteiger partial charge in [0.25, 0.3) is 0 Å². The molecule has 0 saturated carbocycles. The second-order valence-electron chi connectivity index (χ2n) is 2.69. The van der Waals surface area contributed by atoms with Crippen LogP contribution in [0.3, 0.4) is 0 Å². The summed E-state index contributed by atoms with van der Waals surface area (Å²) in [6.07, 6.45) is -4.70. The number of aromatic nitrogens is 1. The predicted molar refractivity (Wildman–Crippen MR) is 57.9 cm³/mol. The summed E-state index contributed by atoms with van der Waals surface area (Å²) in [4.78, 5) is 3.87. The molecule has 1 rings (SSSR count). The van der Waals surface area contributed by atoms with Gasteiger partial charge in [0.1, 0.15) is 0 Å². The highest BCUT2D eigenvalue weighted by molar-refractivity contribution is 14.1. The summed E-state index contributed by atoms with van der Waals surface area (Å²) in [5.74, 6) is -0.111. The van der Waals surface area contributed by atoms with Crippen molar-refractivity contribution in [2.45, 2.75) is 19.2 Å². The van der Waals surface area contributed by atoms with E-state index >= 15 is 0 Å². The van der Waals surface area contributed by atoms with Gasteiger partial charge in [-0.15, -0.1) is 24.8 Å². The zero-order valence-corrected chi connectivity index (χ0v) is 10.4. The van der Waals surface area contributed by atoms with Gasteiger partial charge in [-0.05, 0) is 35.6 Å². The molecule has 0 amide bonds. The summed E-state index contributed by atoms with van der Waals surface area (Å²) in [6, 6.07) is 1.46. The number of rotatable bonds is 2. The number of alkyl halides is 4. The molecule has 7 heteroatoms. The van der Waals surface area contributed by atoms with E-state index in [0.29, 0.717) is 9.26 Å². The number of hydrogen-bond donors (Lipinski definition) is 0. The predicted octanol–water partition coefficient (Wildman–Crippen LogP) is 3.63. The molecular formula is C8H6ClF3INO. The highest BCUT2D eigenvalue weighted by Crippen LogP contribution is 2.30. The molecule has 84 valence electrons. The van der Waals surface area contributed by atoms with Gasteiger partial charge in [0.15, 0.2) is 5.75 Å². The minimum absolute atomic E-state index is 0.156. The number of hydrogen-bond acceptors (Lipinski definition) is 2. The lowest BCUT2D eigenvalue weighted by Crippen LogP contribution is -2.19. The first-order chi connectivity index (χ1) is 6.83. The molecule has 1 aromatic rings.